The largest absolute Gasteiger partial charge is 0.399 e. The number of aryl methyl sites for hydroxylation is 1. The number of anilines is 1. The quantitative estimate of drug-likeness (QED) is 0.847. The molecule has 1 aromatic heterocycles. The number of nitrogens with zero attached hydrogens (tertiary/aromatic N) is 4. The van der Waals surface area contributed by atoms with Crippen LogP contribution in [-0.2, 0) is 4.74 Å². The van der Waals surface area contributed by atoms with Crippen LogP contribution in [0.1, 0.15) is 24.4 Å². The standard InChI is InChI=1S/C13H17N5O/c1-8-3-4-9(14)5-12(8)13-15-16-17-18(13)10-6-11(7-10)19-2/h3-5,10-11H,6-7,14H2,1-2H3. The van der Waals surface area contributed by atoms with Crippen molar-refractivity contribution in [3.63, 3.8) is 0 Å². The lowest BCUT2D eigenvalue weighted by atomic mass is 9.89. The molecule has 0 spiro atoms. The number of hydrogen-bond acceptors (Lipinski definition) is 5. The molecule has 1 heterocycles. The van der Waals surface area contributed by atoms with E-state index in [9.17, 15) is 0 Å². The molecule has 19 heavy (non-hydrogen) atoms. The Morgan fingerprint density at radius 1 is 1.37 bits per heavy atom. The van der Waals surface area contributed by atoms with Gasteiger partial charge in [0, 0.05) is 18.4 Å². The highest BCUT2D eigenvalue weighted by molar-refractivity contribution is 5.65. The van der Waals surface area contributed by atoms with Crippen molar-refractivity contribution >= 4 is 5.69 Å². The Morgan fingerprint density at radius 3 is 2.89 bits per heavy atom. The number of rotatable bonds is 3. The molecule has 1 aliphatic carbocycles. The minimum absolute atomic E-state index is 0.316. The first-order chi connectivity index (χ1) is 9.19. The lowest BCUT2D eigenvalue weighted by molar-refractivity contribution is 0.00248. The first kappa shape index (κ1) is 12.1. The highest BCUT2D eigenvalue weighted by Crippen LogP contribution is 2.36. The third-order valence-corrected chi connectivity index (χ3v) is 3.74. The second-order valence-corrected chi connectivity index (χ2v) is 5.00. The lowest BCUT2D eigenvalue weighted by Gasteiger charge is -2.34. The van der Waals surface area contributed by atoms with Gasteiger partial charge >= 0.3 is 0 Å². The predicted molar refractivity (Wildman–Crippen MR) is 71.5 cm³/mol. The van der Waals surface area contributed by atoms with Gasteiger partial charge in [-0.2, -0.15) is 0 Å². The third kappa shape index (κ3) is 2.08. The van der Waals surface area contributed by atoms with Crippen molar-refractivity contribution < 1.29 is 4.74 Å². The van der Waals surface area contributed by atoms with Crippen LogP contribution in [0.4, 0.5) is 5.69 Å². The maximum absolute atomic E-state index is 5.85. The topological polar surface area (TPSA) is 78.8 Å². The average molecular weight is 259 g/mol. The van der Waals surface area contributed by atoms with Crippen molar-refractivity contribution in [3.05, 3.63) is 23.8 Å². The van der Waals surface area contributed by atoms with E-state index >= 15 is 0 Å². The number of hydrogen-bond donors (Lipinski definition) is 1. The fourth-order valence-corrected chi connectivity index (χ4v) is 2.43. The molecular formula is C13H17N5O. The molecule has 6 heteroatoms. The van der Waals surface area contributed by atoms with Crippen LogP contribution in [0.25, 0.3) is 11.4 Å². The van der Waals surface area contributed by atoms with Crippen LogP contribution in [-0.4, -0.2) is 33.4 Å². The second kappa shape index (κ2) is 4.62. The Morgan fingerprint density at radius 2 is 2.16 bits per heavy atom. The van der Waals surface area contributed by atoms with Crippen LogP contribution >= 0.6 is 0 Å². The van der Waals surface area contributed by atoms with E-state index in [0.29, 0.717) is 12.1 Å². The van der Waals surface area contributed by atoms with Crippen molar-refractivity contribution in [3.8, 4) is 11.4 Å². The molecule has 0 amide bonds. The van der Waals surface area contributed by atoms with Gasteiger partial charge in [0.15, 0.2) is 5.82 Å². The summed E-state index contributed by atoms with van der Waals surface area (Å²) >= 11 is 0. The first-order valence-electron chi connectivity index (χ1n) is 6.36. The van der Waals surface area contributed by atoms with Crippen molar-refractivity contribution in [2.75, 3.05) is 12.8 Å². The monoisotopic (exact) mass is 259 g/mol. The lowest BCUT2D eigenvalue weighted by Crippen LogP contribution is -2.33. The number of ether oxygens (including phenoxy) is 1. The molecule has 1 saturated carbocycles. The van der Waals surface area contributed by atoms with Crippen LogP contribution in [0, 0.1) is 6.92 Å². The predicted octanol–water partition coefficient (Wildman–Crippen LogP) is 1.58. The van der Waals surface area contributed by atoms with Gasteiger partial charge in [-0.15, -0.1) is 5.10 Å². The highest BCUT2D eigenvalue weighted by atomic mass is 16.5. The Hall–Kier alpha value is -1.95. The molecule has 2 aromatic rings. The van der Waals surface area contributed by atoms with E-state index in [2.05, 4.69) is 15.5 Å². The molecule has 1 aromatic carbocycles. The van der Waals surface area contributed by atoms with Gasteiger partial charge in [-0.1, -0.05) is 6.07 Å². The van der Waals surface area contributed by atoms with E-state index in [0.717, 1.165) is 35.5 Å². The molecule has 6 nitrogen and oxygen atoms in total. The SMILES string of the molecule is COC1CC(n2nnnc2-c2cc(N)ccc2C)C1. The summed E-state index contributed by atoms with van der Waals surface area (Å²) in [7, 11) is 1.74. The maximum Gasteiger partial charge on any atom is 0.182 e. The summed E-state index contributed by atoms with van der Waals surface area (Å²) < 4.78 is 7.19. The van der Waals surface area contributed by atoms with E-state index in [4.69, 9.17) is 10.5 Å². The Balaban J connectivity index is 1.94. The zero-order valence-corrected chi connectivity index (χ0v) is 11.1. The van der Waals surface area contributed by atoms with Crippen molar-refractivity contribution in [2.45, 2.75) is 31.9 Å². The molecular weight excluding hydrogens is 242 g/mol. The smallest absolute Gasteiger partial charge is 0.182 e. The molecule has 2 N–H and O–H groups in total. The van der Waals surface area contributed by atoms with E-state index in [1.807, 2.05) is 29.8 Å². The number of methoxy groups -OCH3 is 1. The van der Waals surface area contributed by atoms with Crippen molar-refractivity contribution in [2.24, 2.45) is 0 Å². The maximum atomic E-state index is 5.85. The molecule has 3 rings (SSSR count). The molecule has 0 aliphatic heterocycles. The number of nitrogen functional groups attached to an aromatic ring is 1. The summed E-state index contributed by atoms with van der Waals surface area (Å²) in [4.78, 5) is 0. The number of tetrazole rings is 1. The van der Waals surface area contributed by atoms with Gasteiger partial charge in [-0.3, -0.25) is 0 Å². The number of benzene rings is 1. The van der Waals surface area contributed by atoms with E-state index in [1.54, 1.807) is 7.11 Å². The molecule has 0 saturated heterocycles. The van der Waals surface area contributed by atoms with Crippen LogP contribution < -0.4 is 5.73 Å². The fourth-order valence-electron chi connectivity index (χ4n) is 2.43. The normalized spacial score (nSPS) is 22.2. The third-order valence-electron chi connectivity index (χ3n) is 3.74. The van der Waals surface area contributed by atoms with Gasteiger partial charge in [0.1, 0.15) is 0 Å². The minimum Gasteiger partial charge on any atom is -0.399 e. The molecule has 0 atom stereocenters. The first-order valence-corrected chi connectivity index (χ1v) is 6.36. The van der Waals surface area contributed by atoms with Gasteiger partial charge in [-0.25, -0.2) is 4.68 Å². The summed E-state index contributed by atoms with van der Waals surface area (Å²) in [6, 6.07) is 6.11. The molecule has 1 aliphatic rings. The number of nitrogens with two attached hydrogens (primary N) is 1. The zero-order chi connectivity index (χ0) is 13.4. The van der Waals surface area contributed by atoms with E-state index < -0.39 is 0 Å². The molecule has 100 valence electrons. The Bertz CT molecular complexity index is 588. The van der Waals surface area contributed by atoms with Crippen LogP contribution in [0.15, 0.2) is 18.2 Å². The van der Waals surface area contributed by atoms with Crippen molar-refractivity contribution in [1.29, 1.82) is 0 Å². The molecule has 0 radical (unpaired) electrons. The summed E-state index contributed by atoms with van der Waals surface area (Å²) in [5, 5.41) is 12.1. The van der Waals surface area contributed by atoms with Gasteiger partial charge in [0.25, 0.3) is 0 Å². The van der Waals surface area contributed by atoms with Gasteiger partial charge in [0.2, 0.25) is 0 Å². The van der Waals surface area contributed by atoms with Crippen LogP contribution in [0.2, 0.25) is 0 Å². The zero-order valence-electron chi connectivity index (χ0n) is 11.1. The van der Waals surface area contributed by atoms with Gasteiger partial charge < -0.3 is 10.5 Å². The Kier molecular flexibility index (Phi) is 2.94. The highest BCUT2D eigenvalue weighted by Gasteiger charge is 2.33. The summed E-state index contributed by atoms with van der Waals surface area (Å²) in [5.41, 5.74) is 8.68. The summed E-state index contributed by atoms with van der Waals surface area (Å²) in [6.07, 6.45) is 2.23. The summed E-state index contributed by atoms with van der Waals surface area (Å²) in [6.45, 7) is 2.03. The van der Waals surface area contributed by atoms with E-state index in [1.165, 1.54) is 0 Å². The molecule has 0 bridgehead atoms. The minimum atomic E-state index is 0.316. The summed E-state index contributed by atoms with van der Waals surface area (Å²) in [5.74, 6) is 0.782. The van der Waals surface area contributed by atoms with Crippen LogP contribution in [0.5, 0.6) is 0 Å². The van der Waals surface area contributed by atoms with Crippen LogP contribution in [0.3, 0.4) is 0 Å². The molecule has 0 unspecified atom stereocenters. The van der Waals surface area contributed by atoms with Gasteiger partial charge in [0.05, 0.1) is 12.1 Å². The molecule has 1 fully saturated rings. The fraction of sp³-hybridized carbons (Fsp3) is 0.462. The van der Waals surface area contributed by atoms with Crippen molar-refractivity contribution in [1.82, 2.24) is 20.2 Å². The van der Waals surface area contributed by atoms with E-state index in [-0.39, 0.29) is 0 Å². The Labute approximate surface area is 111 Å². The average Bonchev–Trinajstić information content (AvgIpc) is 2.80. The number of aromatic nitrogens is 4. The van der Waals surface area contributed by atoms with Gasteiger partial charge in [-0.05, 0) is 47.9 Å². The second-order valence-electron chi connectivity index (χ2n) is 5.00.